The van der Waals surface area contributed by atoms with E-state index < -0.39 is 0 Å². The summed E-state index contributed by atoms with van der Waals surface area (Å²) < 4.78 is 10.7. The van der Waals surface area contributed by atoms with Crippen LogP contribution in [0.1, 0.15) is 41.4 Å². The fraction of sp³-hybridized carbons (Fsp3) is 0.474. The molecule has 0 radical (unpaired) electrons. The fourth-order valence-electron chi connectivity index (χ4n) is 3.36. The number of benzene rings is 1. The molecule has 1 aromatic carbocycles. The average molecular weight is 360 g/mol. The van der Waals surface area contributed by atoms with Crippen molar-refractivity contribution < 1.29 is 9.47 Å². The van der Waals surface area contributed by atoms with Gasteiger partial charge in [-0.05, 0) is 24.5 Å². The summed E-state index contributed by atoms with van der Waals surface area (Å²) in [4.78, 5) is 11.7. The Kier molecular flexibility index (Phi) is 4.52. The predicted octanol–water partition coefficient (Wildman–Crippen LogP) is 3.58. The van der Waals surface area contributed by atoms with Crippen molar-refractivity contribution in [1.29, 1.82) is 0 Å². The molecule has 6 heteroatoms. The highest BCUT2D eigenvalue weighted by molar-refractivity contribution is 6.33. The second kappa shape index (κ2) is 6.81. The van der Waals surface area contributed by atoms with Crippen LogP contribution in [0.3, 0.4) is 0 Å². The number of methoxy groups -OCH3 is 2. The van der Waals surface area contributed by atoms with E-state index in [-0.39, 0.29) is 0 Å². The molecule has 25 heavy (non-hydrogen) atoms. The summed E-state index contributed by atoms with van der Waals surface area (Å²) in [5, 5.41) is 0.618. The van der Waals surface area contributed by atoms with E-state index in [1.807, 2.05) is 18.3 Å². The summed E-state index contributed by atoms with van der Waals surface area (Å²) in [6.45, 7) is 2.59. The summed E-state index contributed by atoms with van der Waals surface area (Å²) in [6, 6.07) is 3.91. The first-order valence-corrected chi connectivity index (χ1v) is 9.03. The summed E-state index contributed by atoms with van der Waals surface area (Å²) in [7, 11) is 3.23. The number of aromatic nitrogens is 2. The van der Waals surface area contributed by atoms with Crippen molar-refractivity contribution in [1.82, 2.24) is 14.9 Å². The summed E-state index contributed by atoms with van der Waals surface area (Å²) in [5.41, 5.74) is 3.48. The molecular weight excluding hydrogens is 338 g/mol. The number of hydrogen-bond acceptors (Lipinski definition) is 5. The van der Waals surface area contributed by atoms with Crippen LogP contribution in [0.4, 0.5) is 0 Å². The van der Waals surface area contributed by atoms with E-state index in [0.717, 1.165) is 37.4 Å². The fourth-order valence-corrected chi connectivity index (χ4v) is 3.65. The van der Waals surface area contributed by atoms with E-state index in [9.17, 15) is 0 Å². The molecule has 1 fully saturated rings. The lowest BCUT2D eigenvalue weighted by Gasteiger charge is -2.28. The highest BCUT2D eigenvalue weighted by atomic mass is 35.5. The first-order chi connectivity index (χ1) is 12.2. The van der Waals surface area contributed by atoms with Crippen LogP contribution in [-0.2, 0) is 19.5 Å². The number of nitrogens with zero attached hydrogens (tertiary/aromatic N) is 3. The van der Waals surface area contributed by atoms with Gasteiger partial charge in [-0.1, -0.05) is 17.7 Å². The largest absolute Gasteiger partial charge is 0.493 e. The van der Waals surface area contributed by atoms with Crippen LogP contribution in [-0.4, -0.2) is 35.6 Å². The van der Waals surface area contributed by atoms with Gasteiger partial charge in [0.2, 0.25) is 0 Å². The van der Waals surface area contributed by atoms with E-state index in [1.165, 1.54) is 24.1 Å². The van der Waals surface area contributed by atoms with E-state index in [4.69, 9.17) is 26.1 Å². The average Bonchev–Trinajstić information content (AvgIpc) is 3.48. The molecule has 132 valence electrons. The zero-order valence-electron chi connectivity index (χ0n) is 14.6. The Morgan fingerprint density at radius 2 is 2.08 bits per heavy atom. The monoisotopic (exact) mass is 359 g/mol. The Balaban J connectivity index is 1.51. The lowest BCUT2D eigenvalue weighted by atomic mass is 10.1. The van der Waals surface area contributed by atoms with Gasteiger partial charge in [-0.2, -0.15) is 0 Å². The molecule has 0 atom stereocenters. The van der Waals surface area contributed by atoms with Crippen molar-refractivity contribution in [3.05, 3.63) is 46.0 Å². The van der Waals surface area contributed by atoms with E-state index >= 15 is 0 Å². The second-order valence-corrected chi connectivity index (χ2v) is 7.09. The molecule has 1 aliphatic heterocycles. The Bertz CT molecular complexity index is 792. The topological polar surface area (TPSA) is 47.5 Å². The molecule has 0 unspecified atom stereocenters. The third-order valence-electron chi connectivity index (χ3n) is 4.93. The van der Waals surface area contributed by atoms with Crippen molar-refractivity contribution in [3.8, 4) is 11.5 Å². The molecule has 0 bridgehead atoms. The highest BCUT2D eigenvalue weighted by Gasteiger charge is 2.28. The molecular formula is C19H22ClN3O2. The Morgan fingerprint density at radius 3 is 2.80 bits per heavy atom. The van der Waals surface area contributed by atoms with Crippen molar-refractivity contribution in [2.24, 2.45) is 0 Å². The molecule has 5 nitrogen and oxygen atoms in total. The van der Waals surface area contributed by atoms with Gasteiger partial charge in [0.1, 0.15) is 5.82 Å². The Morgan fingerprint density at radius 1 is 1.24 bits per heavy atom. The van der Waals surface area contributed by atoms with Crippen LogP contribution >= 0.6 is 11.6 Å². The molecule has 4 rings (SSSR count). The third-order valence-corrected chi connectivity index (χ3v) is 5.35. The molecule has 0 N–H and O–H groups in total. The molecule has 0 spiro atoms. The minimum Gasteiger partial charge on any atom is -0.493 e. The molecule has 2 aliphatic rings. The lowest BCUT2D eigenvalue weighted by molar-refractivity contribution is 0.242. The van der Waals surface area contributed by atoms with Crippen LogP contribution in [0.5, 0.6) is 11.5 Å². The minimum absolute atomic E-state index is 0.594. The zero-order valence-corrected chi connectivity index (χ0v) is 15.3. The SMILES string of the molecule is COc1ccc(CN2CCc3nc(C4CC4)ncc3C2)c(Cl)c1OC. The highest BCUT2D eigenvalue weighted by Crippen LogP contribution is 2.39. The van der Waals surface area contributed by atoms with Crippen molar-refractivity contribution in [3.63, 3.8) is 0 Å². The van der Waals surface area contributed by atoms with Gasteiger partial charge in [0.05, 0.1) is 19.2 Å². The zero-order chi connectivity index (χ0) is 17.4. The summed E-state index contributed by atoms with van der Waals surface area (Å²) in [5.74, 6) is 2.89. The van der Waals surface area contributed by atoms with Crippen molar-refractivity contribution >= 4 is 11.6 Å². The van der Waals surface area contributed by atoms with Crippen molar-refractivity contribution in [2.45, 2.75) is 38.3 Å². The van der Waals surface area contributed by atoms with Gasteiger partial charge in [0.15, 0.2) is 11.5 Å². The van der Waals surface area contributed by atoms with Gasteiger partial charge < -0.3 is 9.47 Å². The third kappa shape index (κ3) is 3.31. The van der Waals surface area contributed by atoms with Crippen LogP contribution in [0.25, 0.3) is 0 Å². The van der Waals surface area contributed by atoms with Gasteiger partial charge in [-0.25, -0.2) is 9.97 Å². The Labute approximate surface area is 152 Å². The van der Waals surface area contributed by atoms with Gasteiger partial charge in [0, 0.05) is 49.4 Å². The number of rotatable bonds is 5. The maximum atomic E-state index is 6.52. The normalized spacial score (nSPS) is 17.2. The lowest BCUT2D eigenvalue weighted by Crippen LogP contribution is -2.31. The van der Waals surface area contributed by atoms with Crippen molar-refractivity contribution in [2.75, 3.05) is 20.8 Å². The maximum Gasteiger partial charge on any atom is 0.179 e. The molecule has 0 saturated heterocycles. The first-order valence-electron chi connectivity index (χ1n) is 8.66. The van der Waals surface area contributed by atoms with Gasteiger partial charge in [-0.15, -0.1) is 0 Å². The second-order valence-electron chi connectivity index (χ2n) is 6.71. The Hall–Kier alpha value is -1.85. The van der Waals surface area contributed by atoms with Gasteiger partial charge >= 0.3 is 0 Å². The summed E-state index contributed by atoms with van der Waals surface area (Å²) >= 11 is 6.52. The number of ether oxygens (including phenoxy) is 2. The number of halogens is 1. The molecule has 2 heterocycles. The van der Waals surface area contributed by atoms with E-state index in [2.05, 4.69) is 9.88 Å². The van der Waals surface area contributed by atoms with Crippen LogP contribution in [0, 0.1) is 0 Å². The number of hydrogen-bond donors (Lipinski definition) is 0. The molecule has 1 aliphatic carbocycles. The molecule has 1 saturated carbocycles. The maximum absolute atomic E-state index is 6.52. The number of fused-ring (bicyclic) bond motifs is 1. The van der Waals surface area contributed by atoms with Crippen LogP contribution in [0.15, 0.2) is 18.3 Å². The van der Waals surface area contributed by atoms with Crippen LogP contribution in [0.2, 0.25) is 5.02 Å². The van der Waals surface area contributed by atoms with E-state index in [0.29, 0.717) is 22.4 Å². The molecule has 2 aromatic rings. The predicted molar refractivity (Wildman–Crippen MR) is 96.4 cm³/mol. The van der Waals surface area contributed by atoms with Gasteiger partial charge in [-0.3, -0.25) is 4.90 Å². The van der Waals surface area contributed by atoms with Crippen LogP contribution < -0.4 is 9.47 Å². The van der Waals surface area contributed by atoms with Gasteiger partial charge in [0.25, 0.3) is 0 Å². The quantitative estimate of drug-likeness (QED) is 0.816. The molecule has 0 amide bonds. The summed E-state index contributed by atoms with van der Waals surface area (Å²) in [6.07, 6.45) is 5.45. The molecule has 1 aromatic heterocycles. The van der Waals surface area contributed by atoms with E-state index in [1.54, 1.807) is 14.2 Å². The standard InChI is InChI=1S/C19H22ClN3O2/c1-24-16-6-5-13(17(20)18(16)25-2)10-23-8-7-15-14(11-23)9-21-19(22-15)12-3-4-12/h5-6,9,12H,3-4,7-8,10-11H2,1-2H3. The first kappa shape index (κ1) is 16.6. The smallest absolute Gasteiger partial charge is 0.179 e. The minimum atomic E-state index is 0.594.